The lowest BCUT2D eigenvalue weighted by molar-refractivity contribution is -0.139. The van der Waals surface area contributed by atoms with Crippen molar-refractivity contribution in [1.29, 1.82) is 0 Å². The SMILES string of the molecule is CC(C)=CCC/C(C)=C/CC/C(C)=C/COC(=O)CBr. The largest absolute Gasteiger partial charge is 0.461 e. The predicted molar refractivity (Wildman–Crippen MR) is 90.2 cm³/mol. The molecule has 0 aromatic heterocycles. The Kier molecular flexibility index (Phi) is 11.5. The molecule has 0 aliphatic carbocycles. The van der Waals surface area contributed by atoms with Crippen molar-refractivity contribution in [1.82, 2.24) is 0 Å². The monoisotopic (exact) mass is 342 g/mol. The number of alkyl halides is 1. The van der Waals surface area contributed by atoms with Crippen LogP contribution in [0.15, 0.2) is 34.9 Å². The van der Waals surface area contributed by atoms with Gasteiger partial charge in [0.05, 0.1) is 0 Å². The molecule has 0 atom stereocenters. The van der Waals surface area contributed by atoms with E-state index in [0.29, 0.717) is 6.61 Å². The minimum absolute atomic E-state index is 0.218. The van der Waals surface area contributed by atoms with Gasteiger partial charge in [0.2, 0.25) is 0 Å². The maximum atomic E-state index is 10.9. The van der Waals surface area contributed by atoms with Crippen molar-refractivity contribution in [2.75, 3.05) is 11.9 Å². The molecule has 0 rings (SSSR count). The minimum atomic E-state index is -0.218. The Hall–Kier alpha value is -0.830. The van der Waals surface area contributed by atoms with E-state index in [9.17, 15) is 4.79 Å². The second kappa shape index (κ2) is 12.0. The van der Waals surface area contributed by atoms with E-state index in [1.54, 1.807) is 0 Å². The highest BCUT2D eigenvalue weighted by atomic mass is 79.9. The maximum Gasteiger partial charge on any atom is 0.316 e. The summed E-state index contributed by atoms with van der Waals surface area (Å²) in [5.74, 6) is -0.218. The second-order valence-electron chi connectivity index (χ2n) is 5.28. The number of halogens is 1. The number of ether oxygens (including phenoxy) is 1. The number of allylic oxidation sites excluding steroid dienone is 5. The number of hydrogen-bond acceptors (Lipinski definition) is 2. The molecule has 0 fully saturated rings. The third-order valence-electron chi connectivity index (χ3n) is 2.91. The number of carbonyl (C=O) groups excluding carboxylic acids is 1. The van der Waals surface area contributed by atoms with Gasteiger partial charge < -0.3 is 4.74 Å². The third-order valence-corrected chi connectivity index (χ3v) is 3.37. The van der Waals surface area contributed by atoms with E-state index in [1.165, 1.54) is 16.7 Å². The second-order valence-corrected chi connectivity index (χ2v) is 5.84. The van der Waals surface area contributed by atoms with Crippen LogP contribution >= 0.6 is 15.9 Å². The summed E-state index contributed by atoms with van der Waals surface area (Å²) in [5, 5.41) is 0.257. The summed E-state index contributed by atoms with van der Waals surface area (Å²) in [6.07, 6.45) is 10.9. The molecule has 3 heteroatoms. The van der Waals surface area contributed by atoms with Crippen molar-refractivity contribution in [2.45, 2.75) is 53.4 Å². The first-order valence-corrected chi connectivity index (χ1v) is 8.24. The molecule has 0 saturated heterocycles. The van der Waals surface area contributed by atoms with Crippen LogP contribution in [0.2, 0.25) is 0 Å². The van der Waals surface area contributed by atoms with Gasteiger partial charge in [-0.1, -0.05) is 44.8 Å². The summed E-state index contributed by atoms with van der Waals surface area (Å²) in [6, 6.07) is 0. The van der Waals surface area contributed by atoms with E-state index in [4.69, 9.17) is 4.74 Å². The molecule has 0 unspecified atom stereocenters. The molecule has 0 spiro atoms. The molecule has 0 aliphatic rings. The van der Waals surface area contributed by atoms with Crippen LogP contribution in [0.5, 0.6) is 0 Å². The van der Waals surface area contributed by atoms with Gasteiger partial charge in [0.25, 0.3) is 0 Å². The Bertz CT molecular complexity index is 374. The lowest BCUT2D eigenvalue weighted by atomic mass is 10.1. The molecule has 0 N–H and O–H groups in total. The Morgan fingerprint density at radius 1 is 0.950 bits per heavy atom. The maximum absolute atomic E-state index is 10.9. The Balaban J connectivity index is 3.88. The lowest BCUT2D eigenvalue weighted by Gasteiger charge is -2.02. The normalized spacial score (nSPS) is 12.2. The molecule has 0 heterocycles. The Morgan fingerprint density at radius 2 is 1.50 bits per heavy atom. The third kappa shape index (κ3) is 12.2. The molecular weight excluding hydrogens is 316 g/mol. The fourth-order valence-electron chi connectivity index (χ4n) is 1.65. The summed E-state index contributed by atoms with van der Waals surface area (Å²) >= 11 is 3.06. The fourth-order valence-corrected chi connectivity index (χ4v) is 1.82. The molecular formula is C17H27BrO2. The standard InChI is InChI=1S/C17H27BrO2/c1-14(2)7-5-8-15(3)9-6-10-16(4)11-12-20-17(19)13-18/h7,9,11H,5-6,8,10,12-13H2,1-4H3/b15-9+,16-11+. The van der Waals surface area contributed by atoms with Crippen LogP contribution < -0.4 is 0 Å². The van der Waals surface area contributed by atoms with Gasteiger partial charge in [-0.15, -0.1) is 0 Å². The molecule has 0 aromatic carbocycles. The van der Waals surface area contributed by atoms with E-state index in [-0.39, 0.29) is 11.3 Å². The van der Waals surface area contributed by atoms with Crippen LogP contribution in [-0.4, -0.2) is 17.9 Å². The van der Waals surface area contributed by atoms with Crippen molar-refractivity contribution in [3.8, 4) is 0 Å². The van der Waals surface area contributed by atoms with Gasteiger partial charge in [-0.05, 0) is 59.5 Å². The average molecular weight is 343 g/mol. The molecule has 0 amide bonds. The average Bonchev–Trinajstić information content (AvgIpc) is 2.38. The zero-order valence-electron chi connectivity index (χ0n) is 13.2. The highest BCUT2D eigenvalue weighted by Gasteiger charge is 1.97. The molecule has 2 nitrogen and oxygen atoms in total. The molecule has 114 valence electrons. The van der Waals surface area contributed by atoms with Gasteiger partial charge >= 0.3 is 5.97 Å². The van der Waals surface area contributed by atoms with Crippen LogP contribution in [0.25, 0.3) is 0 Å². The zero-order chi connectivity index (χ0) is 15.4. The molecule has 0 radical (unpaired) electrons. The highest BCUT2D eigenvalue weighted by molar-refractivity contribution is 9.09. The van der Waals surface area contributed by atoms with Gasteiger partial charge in [-0.2, -0.15) is 0 Å². The van der Waals surface area contributed by atoms with E-state index in [1.807, 2.05) is 6.08 Å². The summed E-state index contributed by atoms with van der Waals surface area (Å²) < 4.78 is 4.98. The van der Waals surface area contributed by atoms with Gasteiger partial charge in [-0.3, -0.25) is 4.79 Å². The van der Waals surface area contributed by atoms with Crippen molar-refractivity contribution in [3.63, 3.8) is 0 Å². The van der Waals surface area contributed by atoms with Crippen molar-refractivity contribution in [2.24, 2.45) is 0 Å². The van der Waals surface area contributed by atoms with Crippen LogP contribution in [0.4, 0.5) is 0 Å². The zero-order valence-corrected chi connectivity index (χ0v) is 14.8. The lowest BCUT2D eigenvalue weighted by Crippen LogP contribution is -2.05. The minimum Gasteiger partial charge on any atom is -0.461 e. The number of rotatable bonds is 9. The summed E-state index contributed by atoms with van der Waals surface area (Å²) in [7, 11) is 0. The van der Waals surface area contributed by atoms with E-state index >= 15 is 0 Å². The van der Waals surface area contributed by atoms with Crippen molar-refractivity contribution >= 4 is 21.9 Å². The summed E-state index contributed by atoms with van der Waals surface area (Å²) in [5.41, 5.74) is 4.09. The van der Waals surface area contributed by atoms with Crippen molar-refractivity contribution in [3.05, 3.63) is 34.9 Å². The topological polar surface area (TPSA) is 26.3 Å². The number of esters is 1. The molecule has 0 saturated carbocycles. The quantitative estimate of drug-likeness (QED) is 0.321. The molecule has 0 bridgehead atoms. The van der Waals surface area contributed by atoms with E-state index in [2.05, 4.69) is 55.8 Å². The first kappa shape index (κ1) is 19.2. The van der Waals surface area contributed by atoms with E-state index < -0.39 is 0 Å². The number of hydrogen-bond donors (Lipinski definition) is 0. The van der Waals surface area contributed by atoms with Crippen molar-refractivity contribution < 1.29 is 9.53 Å². The summed E-state index contributed by atoms with van der Waals surface area (Å²) in [4.78, 5) is 10.9. The van der Waals surface area contributed by atoms with Crippen LogP contribution in [0, 0.1) is 0 Å². The summed E-state index contributed by atoms with van der Waals surface area (Å²) in [6.45, 7) is 8.91. The Morgan fingerprint density at radius 3 is 2.05 bits per heavy atom. The molecule has 0 aliphatic heterocycles. The van der Waals surface area contributed by atoms with Gasteiger partial charge in [0.15, 0.2) is 0 Å². The van der Waals surface area contributed by atoms with Gasteiger partial charge in [0.1, 0.15) is 11.9 Å². The number of carbonyl (C=O) groups is 1. The van der Waals surface area contributed by atoms with E-state index in [0.717, 1.165) is 25.7 Å². The first-order chi connectivity index (χ1) is 9.45. The van der Waals surface area contributed by atoms with Gasteiger partial charge in [0, 0.05) is 0 Å². The smallest absolute Gasteiger partial charge is 0.316 e. The highest BCUT2D eigenvalue weighted by Crippen LogP contribution is 2.11. The van der Waals surface area contributed by atoms with Crippen LogP contribution in [-0.2, 0) is 9.53 Å². The van der Waals surface area contributed by atoms with Crippen LogP contribution in [0.1, 0.15) is 53.4 Å². The molecule has 0 aromatic rings. The first-order valence-electron chi connectivity index (χ1n) is 7.12. The predicted octanol–water partition coefficient (Wildman–Crippen LogP) is 5.34. The van der Waals surface area contributed by atoms with Crippen LogP contribution in [0.3, 0.4) is 0 Å². The van der Waals surface area contributed by atoms with Gasteiger partial charge in [-0.25, -0.2) is 0 Å². The molecule has 20 heavy (non-hydrogen) atoms. The Labute approximate surface area is 132 Å². The fraction of sp³-hybridized carbons (Fsp3) is 0.588.